The second-order valence-electron chi connectivity index (χ2n) is 7.45. The molecule has 1 aliphatic rings. The molecule has 1 fully saturated rings. The van der Waals surface area contributed by atoms with Crippen molar-refractivity contribution in [3.05, 3.63) is 0 Å². The Morgan fingerprint density at radius 1 is 0.545 bits per heavy atom. The predicted molar refractivity (Wildman–Crippen MR) is 136 cm³/mol. The van der Waals surface area contributed by atoms with E-state index < -0.39 is 0 Å². The van der Waals surface area contributed by atoms with Gasteiger partial charge in [0.25, 0.3) is 0 Å². The second-order valence-corrected chi connectivity index (χ2v) is 11.6. The van der Waals surface area contributed by atoms with Crippen molar-refractivity contribution in [2.24, 2.45) is 23.7 Å². The number of rotatable bonds is 16. The summed E-state index contributed by atoms with van der Waals surface area (Å²) in [6.45, 7) is 0. The van der Waals surface area contributed by atoms with Crippen LogP contribution in [0.3, 0.4) is 0 Å². The number of ether oxygens (including phenoxy) is 4. The van der Waals surface area contributed by atoms with E-state index in [4.69, 9.17) is 18.9 Å². The zero-order valence-electron chi connectivity index (χ0n) is 19.6. The van der Waals surface area contributed by atoms with Crippen molar-refractivity contribution in [1.29, 1.82) is 0 Å². The van der Waals surface area contributed by atoms with Gasteiger partial charge in [-0.25, -0.2) is 0 Å². The maximum Gasteiger partial charge on any atom is 0.315 e. The number of carbonyl (C=O) groups is 4. The van der Waals surface area contributed by atoms with E-state index in [0.29, 0.717) is 46.7 Å². The van der Waals surface area contributed by atoms with Crippen molar-refractivity contribution in [1.82, 2.24) is 0 Å². The summed E-state index contributed by atoms with van der Waals surface area (Å²) in [6.07, 6.45) is 0.968. The zero-order chi connectivity index (χ0) is 24.6. The number of esters is 4. The van der Waals surface area contributed by atoms with E-state index in [1.54, 1.807) is 47.0 Å². The third-order valence-corrected chi connectivity index (χ3v) is 9.77. The molecule has 1 aliphatic carbocycles. The Labute approximate surface area is 213 Å². The fourth-order valence-electron chi connectivity index (χ4n) is 3.72. The van der Waals surface area contributed by atoms with Crippen LogP contribution >= 0.6 is 47.0 Å². The van der Waals surface area contributed by atoms with Crippen LogP contribution in [0.15, 0.2) is 0 Å². The van der Waals surface area contributed by atoms with Crippen molar-refractivity contribution < 1.29 is 38.1 Å². The van der Waals surface area contributed by atoms with E-state index in [9.17, 15) is 19.2 Å². The molecular formula is C21H34O8S4. The highest BCUT2D eigenvalue weighted by Crippen LogP contribution is 2.47. The fourth-order valence-corrected chi connectivity index (χ4v) is 8.28. The number of thioether (sulfide) groups is 4. The highest BCUT2D eigenvalue weighted by atomic mass is 32.2. The van der Waals surface area contributed by atoms with Crippen LogP contribution in [-0.2, 0) is 38.1 Å². The highest BCUT2D eigenvalue weighted by Gasteiger charge is 2.42. The third-order valence-electron chi connectivity index (χ3n) is 5.44. The minimum Gasteiger partial charge on any atom is -0.468 e. The zero-order valence-corrected chi connectivity index (χ0v) is 22.8. The maximum absolute atomic E-state index is 11.6. The van der Waals surface area contributed by atoms with E-state index in [1.807, 2.05) is 0 Å². The molecule has 0 N–H and O–H groups in total. The van der Waals surface area contributed by atoms with E-state index in [1.165, 1.54) is 28.4 Å². The molecule has 190 valence electrons. The molecule has 0 saturated heterocycles. The Balaban J connectivity index is 2.87. The lowest BCUT2D eigenvalue weighted by Crippen LogP contribution is -2.25. The summed E-state index contributed by atoms with van der Waals surface area (Å²) in [5.74, 6) is 4.76. The van der Waals surface area contributed by atoms with Gasteiger partial charge in [0.05, 0.1) is 51.5 Å². The standard InChI is InChI=1S/C21H34O8S4/c1-26-18(22)10-30-6-14-5-15(7-31-11-19(23)27-2)17(9-33-13-21(25)29-4)16(14)8-32-12-20(24)28-3/h14-17H,5-13H2,1-4H3. The van der Waals surface area contributed by atoms with Crippen LogP contribution in [0.25, 0.3) is 0 Å². The lowest BCUT2D eigenvalue weighted by molar-refractivity contribution is -0.138. The van der Waals surface area contributed by atoms with Gasteiger partial charge in [-0.15, -0.1) is 47.0 Å². The molecule has 0 aliphatic heterocycles. The molecule has 33 heavy (non-hydrogen) atoms. The number of methoxy groups -OCH3 is 4. The van der Waals surface area contributed by atoms with E-state index in [-0.39, 0.29) is 23.9 Å². The Morgan fingerprint density at radius 3 is 1.09 bits per heavy atom. The molecule has 4 unspecified atom stereocenters. The molecular weight excluding hydrogens is 508 g/mol. The Hall–Kier alpha value is -0.720. The summed E-state index contributed by atoms with van der Waals surface area (Å²) >= 11 is 6.24. The molecule has 8 nitrogen and oxygen atoms in total. The van der Waals surface area contributed by atoms with Gasteiger partial charge >= 0.3 is 23.9 Å². The first-order valence-corrected chi connectivity index (χ1v) is 15.1. The van der Waals surface area contributed by atoms with Crippen molar-refractivity contribution >= 4 is 70.9 Å². The molecule has 1 rings (SSSR count). The fraction of sp³-hybridized carbons (Fsp3) is 0.810. The van der Waals surface area contributed by atoms with Crippen molar-refractivity contribution in [2.45, 2.75) is 6.42 Å². The molecule has 0 amide bonds. The minimum atomic E-state index is -0.253. The third kappa shape index (κ3) is 12.0. The van der Waals surface area contributed by atoms with Gasteiger partial charge in [-0.3, -0.25) is 19.2 Å². The molecule has 0 bridgehead atoms. The topological polar surface area (TPSA) is 105 Å². The molecule has 0 aromatic heterocycles. The molecule has 12 heteroatoms. The quantitative estimate of drug-likeness (QED) is 0.211. The van der Waals surface area contributed by atoms with Gasteiger partial charge in [-0.2, -0.15) is 0 Å². The highest BCUT2D eigenvalue weighted by molar-refractivity contribution is 8.00. The monoisotopic (exact) mass is 542 g/mol. The second kappa shape index (κ2) is 17.7. The van der Waals surface area contributed by atoms with Gasteiger partial charge < -0.3 is 18.9 Å². The molecule has 0 heterocycles. The SMILES string of the molecule is COC(=O)CSCC1CC(CSCC(=O)OC)C(CSCC(=O)OC)C1CSCC(=O)OC. The van der Waals surface area contributed by atoms with Crippen molar-refractivity contribution in [3.63, 3.8) is 0 Å². The average Bonchev–Trinajstić information content (AvgIpc) is 3.14. The van der Waals surface area contributed by atoms with Gasteiger partial charge in [-0.1, -0.05) is 0 Å². The van der Waals surface area contributed by atoms with Gasteiger partial charge in [0.15, 0.2) is 0 Å². The lowest BCUT2D eigenvalue weighted by Gasteiger charge is -2.26. The van der Waals surface area contributed by atoms with Gasteiger partial charge in [-0.05, 0) is 53.1 Å². The van der Waals surface area contributed by atoms with Gasteiger partial charge in [0.2, 0.25) is 0 Å². The van der Waals surface area contributed by atoms with Gasteiger partial charge in [0.1, 0.15) is 0 Å². The van der Waals surface area contributed by atoms with E-state index >= 15 is 0 Å². The first kappa shape index (κ1) is 30.3. The Morgan fingerprint density at radius 2 is 0.818 bits per heavy atom. The molecule has 0 aromatic carbocycles. The predicted octanol–water partition coefficient (Wildman–Crippen LogP) is 2.48. The van der Waals surface area contributed by atoms with Crippen molar-refractivity contribution in [2.75, 3.05) is 74.5 Å². The molecule has 0 radical (unpaired) electrons. The summed E-state index contributed by atoms with van der Waals surface area (Å²) in [4.78, 5) is 46.3. The Bertz CT molecular complexity index is 581. The van der Waals surface area contributed by atoms with Crippen molar-refractivity contribution in [3.8, 4) is 0 Å². The summed E-state index contributed by atoms with van der Waals surface area (Å²) in [5.41, 5.74) is 0. The number of carbonyl (C=O) groups excluding carboxylic acids is 4. The number of hydrogen-bond donors (Lipinski definition) is 0. The maximum atomic E-state index is 11.6. The molecule has 1 saturated carbocycles. The van der Waals surface area contributed by atoms with Crippen LogP contribution in [0.1, 0.15) is 6.42 Å². The average molecular weight is 543 g/mol. The largest absolute Gasteiger partial charge is 0.468 e. The minimum absolute atomic E-state index is 0.245. The van der Waals surface area contributed by atoms with Crippen LogP contribution in [0.2, 0.25) is 0 Å². The summed E-state index contributed by atoms with van der Waals surface area (Å²) in [6, 6.07) is 0. The van der Waals surface area contributed by atoms with Gasteiger partial charge in [0, 0.05) is 0 Å². The summed E-state index contributed by atoms with van der Waals surface area (Å²) < 4.78 is 19.0. The molecule has 0 aromatic rings. The number of hydrogen-bond acceptors (Lipinski definition) is 12. The van der Waals surface area contributed by atoms with Crippen LogP contribution in [-0.4, -0.2) is 98.3 Å². The normalized spacial score (nSPS) is 21.9. The Kier molecular flexibility index (Phi) is 16.2. The summed E-state index contributed by atoms with van der Waals surface area (Å²) in [7, 11) is 5.53. The van der Waals surface area contributed by atoms with Crippen LogP contribution < -0.4 is 0 Å². The first-order valence-electron chi connectivity index (χ1n) is 10.4. The van der Waals surface area contributed by atoms with E-state index in [0.717, 1.165) is 29.4 Å². The first-order chi connectivity index (χ1) is 15.9. The van der Waals surface area contributed by atoms with Crippen LogP contribution in [0.4, 0.5) is 0 Å². The van der Waals surface area contributed by atoms with E-state index in [2.05, 4.69) is 0 Å². The van der Waals surface area contributed by atoms with Crippen LogP contribution in [0, 0.1) is 23.7 Å². The molecule has 0 spiro atoms. The summed E-state index contributed by atoms with van der Waals surface area (Å²) in [5, 5.41) is 0. The van der Waals surface area contributed by atoms with Crippen LogP contribution in [0.5, 0.6) is 0 Å². The molecule has 4 atom stereocenters. The lowest BCUT2D eigenvalue weighted by atomic mass is 9.91. The smallest absolute Gasteiger partial charge is 0.315 e.